The van der Waals surface area contributed by atoms with Gasteiger partial charge in [-0.15, -0.1) is 10.2 Å². The van der Waals surface area contributed by atoms with Crippen LogP contribution in [-0.2, 0) is 17.8 Å². The van der Waals surface area contributed by atoms with Crippen molar-refractivity contribution in [2.45, 2.75) is 54.8 Å². The Hall–Kier alpha value is -3.23. The van der Waals surface area contributed by atoms with E-state index in [-0.39, 0.29) is 17.8 Å². The molecule has 3 aromatic carbocycles. The second-order valence-corrected chi connectivity index (χ2v) is 10.4. The number of para-hydroxylation sites is 2. The van der Waals surface area contributed by atoms with E-state index >= 15 is 0 Å². The maximum atomic E-state index is 13.5. The van der Waals surface area contributed by atoms with Gasteiger partial charge in [-0.3, -0.25) is 9.69 Å². The van der Waals surface area contributed by atoms with Gasteiger partial charge in [0.2, 0.25) is 5.91 Å². The van der Waals surface area contributed by atoms with E-state index in [1.54, 1.807) is 11.8 Å². The zero-order valence-electron chi connectivity index (χ0n) is 20.5. The summed E-state index contributed by atoms with van der Waals surface area (Å²) in [6, 6.07) is 24.2. The number of aromatic nitrogens is 3. The fourth-order valence-electron chi connectivity index (χ4n) is 4.23. The van der Waals surface area contributed by atoms with Gasteiger partial charge in [-0.1, -0.05) is 66.8 Å². The molecular weight excluding hydrogens is 488 g/mol. The Kier molecular flexibility index (Phi) is 7.34. The fourth-order valence-corrected chi connectivity index (χ4v) is 6.15. The van der Waals surface area contributed by atoms with Crippen LogP contribution in [0.1, 0.15) is 38.3 Å². The average molecular weight is 517 g/mol. The second-order valence-electron chi connectivity index (χ2n) is 8.40. The first-order valence-corrected chi connectivity index (χ1v) is 13.9. The van der Waals surface area contributed by atoms with Crippen molar-refractivity contribution in [3.05, 3.63) is 84.2 Å². The molecule has 6 nitrogen and oxygen atoms in total. The molecule has 1 amide bonds. The van der Waals surface area contributed by atoms with Gasteiger partial charge in [0.1, 0.15) is 5.75 Å². The molecular formula is C28H28N4O2S2. The molecule has 0 aliphatic carbocycles. The van der Waals surface area contributed by atoms with Gasteiger partial charge < -0.3 is 9.30 Å². The number of carbonyl (C=O) groups excluding carboxylic acids is 1. The fraction of sp³-hybridized carbons (Fsp3) is 0.250. The van der Waals surface area contributed by atoms with Crippen molar-refractivity contribution in [1.29, 1.82) is 0 Å². The highest BCUT2D eigenvalue weighted by atomic mass is 32.2. The number of thioether (sulfide) groups is 1. The number of nitrogens with zero attached hydrogens (tertiary/aromatic N) is 4. The van der Waals surface area contributed by atoms with Crippen LogP contribution >= 0.6 is 23.5 Å². The highest BCUT2D eigenvalue weighted by Gasteiger charge is 2.28. The lowest BCUT2D eigenvalue weighted by atomic mass is 10.2. The molecule has 0 bridgehead atoms. The number of benzene rings is 3. The van der Waals surface area contributed by atoms with Crippen LogP contribution in [0.25, 0.3) is 0 Å². The Morgan fingerprint density at radius 1 is 0.944 bits per heavy atom. The molecule has 0 radical (unpaired) electrons. The Bertz CT molecular complexity index is 1320. The van der Waals surface area contributed by atoms with E-state index in [0.29, 0.717) is 11.7 Å². The smallest absolute Gasteiger partial charge is 0.242 e. The van der Waals surface area contributed by atoms with Gasteiger partial charge in [0.15, 0.2) is 17.1 Å². The van der Waals surface area contributed by atoms with Crippen molar-refractivity contribution in [3.63, 3.8) is 0 Å². The summed E-state index contributed by atoms with van der Waals surface area (Å²) < 4.78 is 8.17. The van der Waals surface area contributed by atoms with Crippen molar-refractivity contribution >= 4 is 40.8 Å². The maximum Gasteiger partial charge on any atom is 0.242 e. The van der Waals surface area contributed by atoms with E-state index in [4.69, 9.17) is 4.74 Å². The van der Waals surface area contributed by atoms with Gasteiger partial charge >= 0.3 is 0 Å². The highest BCUT2D eigenvalue weighted by Crippen LogP contribution is 2.48. The van der Waals surface area contributed by atoms with Crippen molar-refractivity contribution in [1.82, 2.24) is 14.8 Å². The molecule has 1 aliphatic rings. The molecule has 184 valence electrons. The van der Waals surface area contributed by atoms with Crippen LogP contribution in [0.2, 0.25) is 0 Å². The molecule has 2 heterocycles. The van der Waals surface area contributed by atoms with Crippen molar-refractivity contribution < 1.29 is 9.53 Å². The molecule has 0 saturated heterocycles. The van der Waals surface area contributed by atoms with E-state index in [9.17, 15) is 4.79 Å². The average Bonchev–Trinajstić information content (AvgIpc) is 3.34. The van der Waals surface area contributed by atoms with E-state index in [0.717, 1.165) is 39.2 Å². The summed E-state index contributed by atoms with van der Waals surface area (Å²) in [6.07, 6.45) is 0.722. The van der Waals surface area contributed by atoms with Crippen LogP contribution in [0.3, 0.4) is 0 Å². The van der Waals surface area contributed by atoms with Gasteiger partial charge in [0.05, 0.1) is 17.1 Å². The lowest BCUT2D eigenvalue weighted by Gasteiger charge is -2.30. The first-order chi connectivity index (χ1) is 17.6. The number of hydrogen-bond acceptors (Lipinski definition) is 6. The minimum atomic E-state index is -0.271. The SMILES string of the molecule is CCc1ccc(O[C@H](C)c2nnc(SCC(=O)N3c4ccccc4Sc4ccccc43)n2CC)cc1. The van der Waals surface area contributed by atoms with Gasteiger partial charge in [0.25, 0.3) is 0 Å². The largest absolute Gasteiger partial charge is 0.483 e. The molecule has 0 saturated carbocycles. The molecule has 0 fully saturated rings. The van der Waals surface area contributed by atoms with Crippen LogP contribution in [0.15, 0.2) is 87.7 Å². The van der Waals surface area contributed by atoms with Gasteiger partial charge in [-0.2, -0.15) is 0 Å². The predicted molar refractivity (Wildman–Crippen MR) is 145 cm³/mol. The number of rotatable bonds is 8. The Balaban J connectivity index is 1.32. The highest BCUT2D eigenvalue weighted by molar-refractivity contribution is 8.00. The first-order valence-electron chi connectivity index (χ1n) is 12.1. The quantitative estimate of drug-likeness (QED) is 0.237. The standard InChI is InChI=1S/C28H28N4O2S2/c1-4-20-14-16-21(17-15-20)34-19(3)27-29-30-28(31(27)5-2)35-18-26(33)32-22-10-6-8-12-24(22)36-25-13-9-7-11-23(25)32/h6-17,19H,4-5,18H2,1-3H3/t19-/m1/s1. The lowest BCUT2D eigenvalue weighted by Crippen LogP contribution is -2.30. The van der Waals surface area contributed by atoms with Gasteiger partial charge in [-0.25, -0.2) is 0 Å². The molecule has 8 heteroatoms. The minimum Gasteiger partial charge on any atom is -0.483 e. The second kappa shape index (κ2) is 10.8. The van der Waals surface area contributed by atoms with Gasteiger partial charge in [-0.05, 0) is 62.2 Å². The zero-order chi connectivity index (χ0) is 25.1. The third kappa shape index (κ3) is 4.88. The molecule has 36 heavy (non-hydrogen) atoms. The summed E-state index contributed by atoms with van der Waals surface area (Å²) >= 11 is 3.10. The van der Waals surface area contributed by atoms with Crippen LogP contribution < -0.4 is 9.64 Å². The summed E-state index contributed by atoms with van der Waals surface area (Å²) in [5.74, 6) is 1.80. The third-order valence-corrected chi connectivity index (χ3v) is 8.16. The Morgan fingerprint density at radius 2 is 1.58 bits per heavy atom. The summed E-state index contributed by atoms with van der Waals surface area (Å²) in [4.78, 5) is 17.5. The molecule has 4 aromatic rings. The first kappa shape index (κ1) is 24.5. The van der Waals surface area contributed by atoms with Crippen molar-refractivity contribution in [2.24, 2.45) is 0 Å². The number of amides is 1. The summed E-state index contributed by atoms with van der Waals surface area (Å²) in [6.45, 7) is 6.85. The third-order valence-electron chi connectivity index (χ3n) is 6.08. The minimum absolute atomic E-state index is 0.00714. The lowest BCUT2D eigenvalue weighted by molar-refractivity contribution is -0.115. The summed E-state index contributed by atoms with van der Waals surface area (Å²) in [7, 11) is 0. The van der Waals surface area contributed by atoms with Crippen LogP contribution in [-0.4, -0.2) is 26.4 Å². The van der Waals surface area contributed by atoms with Crippen LogP contribution in [0.4, 0.5) is 11.4 Å². The molecule has 0 unspecified atom stereocenters. The molecule has 1 aromatic heterocycles. The summed E-state index contributed by atoms with van der Waals surface area (Å²) in [5.41, 5.74) is 3.11. The van der Waals surface area contributed by atoms with Crippen molar-refractivity contribution in [2.75, 3.05) is 10.7 Å². The number of hydrogen-bond donors (Lipinski definition) is 0. The normalized spacial score (nSPS) is 13.1. The van der Waals surface area contributed by atoms with E-state index in [2.05, 4.69) is 48.3 Å². The molecule has 0 spiro atoms. The molecule has 1 atom stereocenters. The predicted octanol–water partition coefficient (Wildman–Crippen LogP) is 6.92. The van der Waals surface area contributed by atoms with Crippen LogP contribution in [0, 0.1) is 0 Å². The van der Waals surface area contributed by atoms with Crippen LogP contribution in [0.5, 0.6) is 5.75 Å². The topological polar surface area (TPSA) is 60.3 Å². The molecule has 5 rings (SSSR count). The van der Waals surface area contributed by atoms with E-state index < -0.39 is 0 Å². The van der Waals surface area contributed by atoms with E-state index in [1.165, 1.54) is 17.3 Å². The molecule has 1 aliphatic heterocycles. The Labute approximate surface area is 220 Å². The number of anilines is 2. The zero-order valence-corrected chi connectivity index (χ0v) is 22.2. The summed E-state index contributed by atoms with van der Waals surface area (Å²) in [5, 5.41) is 9.54. The number of ether oxygens (including phenoxy) is 1. The number of aryl methyl sites for hydroxylation is 1. The monoisotopic (exact) mass is 516 g/mol. The van der Waals surface area contributed by atoms with Gasteiger partial charge in [0, 0.05) is 16.3 Å². The maximum absolute atomic E-state index is 13.5. The van der Waals surface area contributed by atoms with E-state index in [1.807, 2.05) is 64.9 Å². The number of carbonyl (C=O) groups is 1. The molecule has 0 N–H and O–H groups in total. The number of fused-ring (bicyclic) bond motifs is 2. The van der Waals surface area contributed by atoms with Crippen molar-refractivity contribution in [3.8, 4) is 5.75 Å². The Morgan fingerprint density at radius 3 is 2.19 bits per heavy atom.